The number of fused-ring (bicyclic) bond motifs is 2. The predicted molar refractivity (Wildman–Crippen MR) is 122 cm³/mol. The number of carbonyl (C=O) groups excluding carboxylic acids is 1. The van der Waals surface area contributed by atoms with Gasteiger partial charge in [0.2, 0.25) is 5.91 Å². The quantitative estimate of drug-likeness (QED) is 0.351. The van der Waals surface area contributed by atoms with E-state index in [-0.39, 0.29) is 42.0 Å². The molecule has 6 nitrogen and oxygen atoms in total. The van der Waals surface area contributed by atoms with E-state index in [1.807, 2.05) is 0 Å². The second kappa shape index (κ2) is 9.49. The topological polar surface area (TPSA) is 66.0 Å². The Balaban J connectivity index is 0.00000225. The van der Waals surface area contributed by atoms with Crippen LogP contribution in [0.5, 0.6) is 0 Å². The van der Waals surface area contributed by atoms with Gasteiger partial charge in [-0.3, -0.25) is 4.79 Å². The molecule has 28 heavy (non-hydrogen) atoms. The van der Waals surface area contributed by atoms with E-state index in [1.165, 1.54) is 51.4 Å². The van der Waals surface area contributed by atoms with Gasteiger partial charge in [-0.05, 0) is 56.8 Å². The van der Waals surface area contributed by atoms with E-state index in [2.05, 4.69) is 15.6 Å². The first-order chi connectivity index (χ1) is 13.0. The number of carbonyl (C=O) groups is 1. The minimum Gasteiger partial charge on any atom is -0.375 e. The molecule has 0 aromatic heterocycles. The van der Waals surface area contributed by atoms with E-state index in [1.54, 1.807) is 19.0 Å². The molecular weight excluding hydrogens is 467 g/mol. The first kappa shape index (κ1) is 22.1. The number of ether oxygens (including phenoxy) is 1. The van der Waals surface area contributed by atoms with E-state index < -0.39 is 0 Å². The number of guanidine groups is 1. The zero-order chi connectivity index (χ0) is 18.9. The largest absolute Gasteiger partial charge is 0.375 e. The second-order valence-corrected chi connectivity index (χ2v) is 9.45. The Bertz CT molecular complexity index is 577. The Morgan fingerprint density at radius 2 is 1.93 bits per heavy atom. The number of likely N-dealkylation sites (N-methyl/N-ethyl adjacent to an activating group) is 1. The first-order valence-electron chi connectivity index (χ1n) is 10.9. The van der Waals surface area contributed by atoms with Gasteiger partial charge in [0.05, 0.1) is 5.60 Å². The maximum absolute atomic E-state index is 12.1. The number of nitrogens with one attached hydrogen (secondary N) is 2. The summed E-state index contributed by atoms with van der Waals surface area (Å²) in [6.07, 6.45) is 12.4. The molecule has 1 heterocycles. The Morgan fingerprint density at radius 1 is 1.14 bits per heavy atom. The van der Waals surface area contributed by atoms with Gasteiger partial charge >= 0.3 is 0 Å². The lowest BCUT2D eigenvalue weighted by Gasteiger charge is -2.39. The van der Waals surface area contributed by atoms with Gasteiger partial charge in [-0.2, -0.15) is 0 Å². The Morgan fingerprint density at radius 3 is 2.57 bits per heavy atom. The average Bonchev–Trinajstić information content (AvgIpc) is 3.37. The zero-order valence-electron chi connectivity index (χ0n) is 17.4. The average molecular weight is 504 g/mol. The second-order valence-electron chi connectivity index (χ2n) is 9.45. The molecule has 4 fully saturated rings. The lowest BCUT2D eigenvalue weighted by Crippen LogP contribution is -2.53. The summed E-state index contributed by atoms with van der Waals surface area (Å²) in [7, 11) is 3.58. The van der Waals surface area contributed by atoms with E-state index in [9.17, 15) is 4.79 Å². The molecule has 2 N–H and O–H groups in total. The van der Waals surface area contributed by atoms with Crippen LogP contribution in [0.4, 0.5) is 0 Å². The summed E-state index contributed by atoms with van der Waals surface area (Å²) in [4.78, 5) is 18.3. The van der Waals surface area contributed by atoms with Crippen LogP contribution < -0.4 is 10.6 Å². The van der Waals surface area contributed by atoms with Gasteiger partial charge in [0.1, 0.15) is 6.54 Å². The molecule has 4 unspecified atom stereocenters. The normalized spacial score (nSPS) is 33.6. The molecule has 4 atom stereocenters. The number of nitrogens with zero attached hydrogens (tertiary/aromatic N) is 2. The van der Waals surface area contributed by atoms with Crippen LogP contribution in [0.2, 0.25) is 0 Å². The maximum atomic E-state index is 12.1. The highest BCUT2D eigenvalue weighted by molar-refractivity contribution is 14.0. The molecule has 4 rings (SSSR count). The van der Waals surface area contributed by atoms with Crippen LogP contribution in [0.3, 0.4) is 0 Å². The standard InChI is InChI=1S/C21H36N4O2.HI/c1-25(2)19(26)14-22-20(24-18-12-15-5-6-16(18)11-15)23-17-7-10-27-21(13-17)8-3-4-9-21;/h15-18H,3-14H2,1-2H3,(H2,22,23,24);1H. The lowest BCUT2D eigenvalue weighted by molar-refractivity contribution is -0.127. The molecule has 0 aromatic rings. The lowest BCUT2D eigenvalue weighted by atomic mass is 9.89. The molecule has 4 aliphatic rings. The van der Waals surface area contributed by atoms with Gasteiger partial charge in [0.25, 0.3) is 0 Å². The number of amides is 1. The van der Waals surface area contributed by atoms with Gasteiger partial charge in [-0.15, -0.1) is 24.0 Å². The van der Waals surface area contributed by atoms with Gasteiger partial charge < -0.3 is 20.3 Å². The van der Waals surface area contributed by atoms with Crippen molar-refractivity contribution in [2.45, 2.75) is 81.9 Å². The molecule has 2 bridgehead atoms. The fourth-order valence-corrected chi connectivity index (χ4v) is 5.73. The number of hydrogen-bond donors (Lipinski definition) is 2. The highest BCUT2D eigenvalue weighted by atomic mass is 127. The highest BCUT2D eigenvalue weighted by Gasteiger charge is 2.42. The minimum absolute atomic E-state index is 0. The van der Waals surface area contributed by atoms with Gasteiger partial charge in [0, 0.05) is 32.8 Å². The number of aliphatic imine (C=N–C) groups is 1. The number of rotatable bonds is 4. The third-order valence-corrected chi connectivity index (χ3v) is 7.28. The minimum atomic E-state index is 0. The summed E-state index contributed by atoms with van der Waals surface area (Å²) < 4.78 is 6.18. The fraction of sp³-hybridized carbons (Fsp3) is 0.905. The van der Waals surface area contributed by atoms with Gasteiger partial charge in [0.15, 0.2) is 5.96 Å². The summed E-state index contributed by atoms with van der Waals surface area (Å²) in [5, 5.41) is 7.37. The van der Waals surface area contributed by atoms with Crippen molar-refractivity contribution in [1.82, 2.24) is 15.5 Å². The van der Waals surface area contributed by atoms with Crippen molar-refractivity contribution in [3.63, 3.8) is 0 Å². The van der Waals surface area contributed by atoms with Crippen LogP contribution in [0.25, 0.3) is 0 Å². The molecule has 7 heteroatoms. The van der Waals surface area contributed by atoms with Gasteiger partial charge in [-0.1, -0.05) is 19.3 Å². The summed E-state index contributed by atoms with van der Waals surface area (Å²) in [5.74, 6) is 2.55. The van der Waals surface area contributed by atoms with Crippen LogP contribution in [-0.2, 0) is 9.53 Å². The molecule has 1 spiro atoms. The van der Waals surface area contributed by atoms with E-state index in [0.29, 0.717) is 12.1 Å². The summed E-state index contributed by atoms with van der Waals surface area (Å²) in [5.41, 5.74) is 0.0902. The van der Waals surface area contributed by atoms with Gasteiger partial charge in [-0.25, -0.2) is 4.99 Å². The third kappa shape index (κ3) is 5.12. The molecule has 1 aliphatic heterocycles. The maximum Gasteiger partial charge on any atom is 0.243 e. The fourth-order valence-electron chi connectivity index (χ4n) is 5.73. The molecule has 3 saturated carbocycles. The Kier molecular flexibility index (Phi) is 7.50. The van der Waals surface area contributed by atoms with Crippen molar-refractivity contribution in [3.8, 4) is 0 Å². The smallest absolute Gasteiger partial charge is 0.243 e. The molecule has 1 amide bonds. The van der Waals surface area contributed by atoms with Crippen LogP contribution in [-0.4, -0.2) is 61.7 Å². The van der Waals surface area contributed by atoms with E-state index in [4.69, 9.17) is 4.74 Å². The van der Waals surface area contributed by atoms with Crippen molar-refractivity contribution < 1.29 is 9.53 Å². The van der Waals surface area contributed by atoms with E-state index >= 15 is 0 Å². The SMILES string of the molecule is CN(C)C(=O)CN=C(NC1CCOC2(CCCC2)C1)NC1CC2CCC1C2.I. The van der Waals surface area contributed by atoms with Crippen molar-refractivity contribution in [3.05, 3.63) is 0 Å². The molecule has 160 valence electrons. The summed E-state index contributed by atoms with van der Waals surface area (Å²) >= 11 is 0. The number of halogens is 1. The Labute approximate surface area is 186 Å². The van der Waals surface area contributed by atoms with Crippen molar-refractivity contribution >= 4 is 35.8 Å². The van der Waals surface area contributed by atoms with Crippen LogP contribution in [0, 0.1) is 11.8 Å². The number of hydrogen-bond acceptors (Lipinski definition) is 3. The highest BCUT2D eigenvalue weighted by Crippen LogP contribution is 2.44. The van der Waals surface area contributed by atoms with E-state index in [0.717, 1.165) is 37.2 Å². The Hall–Kier alpha value is -0.570. The summed E-state index contributed by atoms with van der Waals surface area (Å²) in [6, 6.07) is 0.904. The monoisotopic (exact) mass is 504 g/mol. The predicted octanol–water partition coefficient (Wildman–Crippen LogP) is 2.91. The third-order valence-electron chi connectivity index (χ3n) is 7.28. The molecule has 1 saturated heterocycles. The van der Waals surface area contributed by atoms with Crippen molar-refractivity contribution in [2.24, 2.45) is 16.8 Å². The molecule has 0 aromatic carbocycles. The van der Waals surface area contributed by atoms with Crippen molar-refractivity contribution in [1.29, 1.82) is 0 Å². The molecular formula is C21H37IN4O2. The van der Waals surface area contributed by atoms with Crippen LogP contribution >= 0.6 is 24.0 Å². The molecule has 3 aliphatic carbocycles. The summed E-state index contributed by atoms with van der Waals surface area (Å²) in [6.45, 7) is 1.03. The first-order valence-corrected chi connectivity index (χ1v) is 10.9. The van der Waals surface area contributed by atoms with Crippen LogP contribution in [0.1, 0.15) is 64.2 Å². The zero-order valence-corrected chi connectivity index (χ0v) is 19.7. The van der Waals surface area contributed by atoms with Crippen LogP contribution in [0.15, 0.2) is 4.99 Å². The molecule has 0 radical (unpaired) electrons. The van der Waals surface area contributed by atoms with Crippen molar-refractivity contribution in [2.75, 3.05) is 27.2 Å².